The molecule has 2 saturated heterocycles. The van der Waals surface area contributed by atoms with Gasteiger partial charge in [-0.2, -0.15) is 26.3 Å². The molecule has 10 heteroatoms. The van der Waals surface area contributed by atoms with Crippen LogP contribution in [0.15, 0.2) is 72.8 Å². The SMILES string of the molecule is C.Fc1ccc([C@H]2C3OCC[N+]2(Cc2ccccc2)CC(c2cc(C(F)(F)F)cc(C(F)(F)F)c2)O3)cc1. The highest BCUT2D eigenvalue weighted by Gasteiger charge is 2.54. The molecule has 0 radical (unpaired) electrons. The molecule has 3 nitrogen and oxygen atoms in total. The minimum atomic E-state index is -4.97. The molecule has 3 aromatic carbocycles. The van der Waals surface area contributed by atoms with E-state index in [2.05, 4.69) is 0 Å². The highest BCUT2D eigenvalue weighted by molar-refractivity contribution is 5.35. The fraction of sp³-hybridized carbons (Fsp3) is 0.357. The highest BCUT2D eigenvalue weighted by Crippen LogP contribution is 2.48. The first-order valence-corrected chi connectivity index (χ1v) is 11.7. The van der Waals surface area contributed by atoms with Crippen LogP contribution in [0, 0.1) is 5.82 Å². The van der Waals surface area contributed by atoms with Crippen molar-refractivity contribution in [1.82, 2.24) is 0 Å². The first-order chi connectivity index (χ1) is 17.4. The average Bonchev–Trinajstić information content (AvgIpc) is 2.83. The lowest BCUT2D eigenvalue weighted by molar-refractivity contribution is -0.997. The van der Waals surface area contributed by atoms with Crippen molar-refractivity contribution >= 4 is 0 Å². The van der Waals surface area contributed by atoms with Crippen LogP contribution in [-0.4, -0.2) is 30.5 Å². The normalized spacial score (nSPS) is 25.5. The number of halogens is 7. The zero-order valence-electron chi connectivity index (χ0n) is 19.4. The molecule has 204 valence electrons. The van der Waals surface area contributed by atoms with Crippen molar-refractivity contribution in [1.29, 1.82) is 0 Å². The Morgan fingerprint density at radius 3 is 1.97 bits per heavy atom. The quantitative estimate of drug-likeness (QED) is 0.249. The molecule has 5 rings (SSSR count). The van der Waals surface area contributed by atoms with E-state index in [0.717, 1.165) is 5.56 Å². The summed E-state index contributed by atoms with van der Waals surface area (Å²) in [5.74, 6) is -0.433. The maximum Gasteiger partial charge on any atom is 0.416 e. The van der Waals surface area contributed by atoms with Gasteiger partial charge in [0.15, 0.2) is 6.04 Å². The third-order valence-electron chi connectivity index (χ3n) is 7.03. The minimum absolute atomic E-state index is 0. The molecular formula is C28H27F7NO2+. The molecule has 0 spiro atoms. The summed E-state index contributed by atoms with van der Waals surface area (Å²) in [7, 11) is 0. The van der Waals surface area contributed by atoms with Gasteiger partial charge in [0.25, 0.3) is 0 Å². The lowest BCUT2D eigenvalue weighted by atomic mass is 9.92. The van der Waals surface area contributed by atoms with Gasteiger partial charge in [0.2, 0.25) is 6.29 Å². The Hall–Kier alpha value is -2.95. The summed E-state index contributed by atoms with van der Waals surface area (Å²) in [5, 5.41) is 0. The van der Waals surface area contributed by atoms with Gasteiger partial charge in [-0.1, -0.05) is 37.8 Å². The lowest BCUT2D eigenvalue weighted by Crippen LogP contribution is -2.65. The van der Waals surface area contributed by atoms with Gasteiger partial charge in [0.1, 0.15) is 31.6 Å². The second kappa shape index (κ2) is 10.3. The van der Waals surface area contributed by atoms with E-state index in [-0.39, 0.29) is 36.7 Å². The summed E-state index contributed by atoms with van der Waals surface area (Å²) in [6, 6.07) is 16.3. The molecule has 2 heterocycles. The number of nitrogens with zero attached hydrogens (tertiary/aromatic N) is 1. The van der Waals surface area contributed by atoms with Crippen LogP contribution in [0.1, 0.15) is 47.4 Å². The maximum absolute atomic E-state index is 13.7. The van der Waals surface area contributed by atoms with Crippen LogP contribution < -0.4 is 0 Å². The number of morpholine rings is 2. The third kappa shape index (κ3) is 5.57. The van der Waals surface area contributed by atoms with Gasteiger partial charge < -0.3 is 14.0 Å². The van der Waals surface area contributed by atoms with Crippen LogP contribution in [-0.2, 0) is 28.4 Å². The number of fused-ring (bicyclic) bond motifs is 2. The number of rotatable bonds is 4. The number of benzene rings is 3. The second-order valence-electron chi connectivity index (χ2n) is 9.47. The molecule has 0 N–H and O–H groups in total. The molecule has 0 saturated carbocycles. The first-order valence-electron chi connectivity index (χ1n) is 11.7. The summed E-state index contributed by atoms with van der Waals surface area (Å²) in [5.41, 5.74) is -1.35. The van der Waals surface area contributed by atoms with Gasteiger partial charge >= 0.3 is 12.4 Å². The van der Waals surface area contributed by atoms with Crippen molar-refractivity contribution in [3.8, 4) is 0 Å². The van der Waals surface area contributed by atoms with Crippen molar-refractivity contribution < 1.29 is 44.7 Å². The largest absolute Gasteiger partial charge is 0.416 e. The van der Waals surface area contributed by atoms with Gasteiger partial charge in [-0.15, -0.1) is 0 Å². The van der Waals surface area contributed by atoms with Crippen LogP contribution in [0.4, 0.5) is 30.7 Å². The fourth-order valence-electron chi connectivity index (χ4n) is 5.36. The fourth-order valence-corrected chi connectivity index (χ4v) is 5.36. The molecule has 2 aliphatic heterocycles. The van der Waals surface area contributed by atoms with E-state index in [1.165, 1.54) is 12.1 Å². The van der Waals surface area contributed by atoms with Gasteiger partial charge in [0.05, 0.1) is 17.7 Å². The van der Waals surface area contributed by atoms with Crippen LogP contribution in [0.2, 0.25) is 0 Å². The summed E-state index contributed by atoms with van der Waals surface area (Å²) < 4.78 is 107. The maximum atomic E-state index is 13.7. The van der Waals surface area contributed by atoms with Crippen LogP contribution in [0.3, 0.4) is 0 Å². The van der Waals surface area contributed by atoms with E-state index in [0.29, 0.717) is 30.8 Å². The summed E-state index contributed by atoms with van der Waals surface area (Å²) in [6.45, 7) is 1.28. The number of ether oxygens (including phenoxy) is 2. The molecular weight excluding hydrogens is 515 g/mol. The molecule has 4 atom stereocenters. The van der Waals surface area contributed by atoms with Crippen molar-refractivity contribution in [2.45, 2.75) is 44.8 Å². The first kappa shape index (κ1) is 28.1. The third-order valence-corrected chi connectivity index (χ3v) is 7.03. The molecule has 2 bridgehead atoms. The van der Waals surface area contributed by atoms with Crippen LogP contribution in [0.25, 0.3) is 0 Å². The second-order valence-corrected chi connectivity index (χ2v) is 9.47. The van der Waals surface area contributed by atoms with Gasteiger partial charge in [-0.05, 0) is 48.0 Å². The van der Waals surface area contributed by atoms with Crippen molar-refractivity contribution in [2.75, 3.05) is 19.7 Å². The number of alkyl halides is 6. The van der Waals surface area contributed by atoms with Crippen molar-refractivity contribution in [3.63, 3.8) is 0 Å². The van der Waals surface area contributed by atoms with Crippen molar-refractivity contribution in [2.24, 2.45) is 0 Å². The molecule has 2 fully saturated rings. The van der Waals surface area contributed by atoms with E-state index >= 15 is 0 Å². The molecule has 3 unspecified atom stereocenters. The standard InChI is InChI=1S/C27H23F7NO2.CH4/c28-22-8-6-18(7-9-22)24-25-36-11-10-35(24,15-17-4-2-1-3-5-17)16-23(37-25)19-12-20(26(29,30)31)14-21(13-19)27(32,33)34;/h1-9,12-14,23-25H,10-11,15-16H2;1H4/q+1;/t23?,24-,25?,35?;/m0./s1. The number of quaternary nitrogens is 1. The van der Waals surface area contributed by atoms with Crippen LogP contribution in [0.5, 0.6) is 0 Å². The Morgan fingerprint density at radius 2 is 1.39 bits per heavy atom. The van der Waals surface area contributed by atoms with Gasteiger partial charge in [0, 0.05) is 11.1 Å². The van der Waals surface area contributed by atoms with Gasteiger partial charge in [-0.25, -0.2) is 4.39 Å². The Morgan fingerprint density at radius 1 is 0.789 bits per heavy atom. The Labute approximate surface area is 216 Å². The summed E-state index contributed by atoms with van der Waals surface area (Å²) in [4.78, 5) is 0. The number of hydrogen-bond acceptors (Lipinski definition) is 2. The molecule has 38 heavy (non-hydrogen) atoms. The van der Waals surface area contributed by atoms with Crippen LogP contribution >= 0.6 is 0 Å². The molecule has 0 aliphatic carbocycles. The average molecular weight is 543 g/mol. The van der Waals surface area contributed by atoms with E-state index in [4.69, 9.17) is 9.47 Å². The smallest absolute Gasteiger partial charge is 0.341 e. The van der Waals surface area contributed by atoms with Crippen molar-refractivity contribution in [3.05, 3.63) is 106 Å². The lowest BCUT2D eigenvalue weighted by Gasteiger charge is -2.55. The Balaban J connectivity index is 0.00000336. The zero-order chi connectivity index (χ0) is 26.4. The van der Waals surface area contributed by atoms with E-state index in [9.17, 15) is 30.7 Å². The zero-order valence-corrected chi connectivity index (χ0v) is 19.4. The molecule has 3 aromatic rings. The van der Waals surface area contributed by atoms with E-state index in [1.54, 1.807) is 12.1 Å². The number of hydrogen-bond donors (Lipinski definition) is 0. The highest BCUT2D eigenvalue weighted by atomic mass is 19.4. The van der Waals surface area contributed by atoms with Gasteiger partial charge in [-0.3, -0.25) is 0 Å². The predicted octanol–water partition coefficient (Wildman–Crippen LogP) is 7.69. The Bertz CT molecular complexity index is 1210. The molecule has 0 amide bonds. The molecule has 0 aromatic heterocycles. The monoisotopic (exact) mass is 542 g/mol. The topological polar surface area (TPSA) is 18.5 Å². The summed E-state index contributed by atoms with van der Waals surface area (Å²) >= 11 is 0. The Kier molecular flexibility index (Phi) is 7.62. The van der Waals surface area contributed by atoms with E-state index < -0.39 is 47.7 Å². The predicted molar refractivity (Wildman–Crippen MR) is 126 cm³/mol. The molecule has 2 aliphatic rings. The van der Waals surface area contributed by atoms with E-state index in [1.807, 2.05) is 30.3 Å². The minimum Gasteiger partial charge on any atom is -0.341 e. The summed E-state index contributed by atoms with van der Waals surface area (Å²) in [6.07, 6.45) is -12.0.